The lowest BCUT2D eigenvalue weighted by molar-refractivity contribution is 0.769. The van der Waals surface area contributed by atoms with Gasteiger partial charge < -0.3 is 5.32 Å². The maximum absolute atomic E-state index is 4.51. The van der Waals surface area contributed by atoms with Gasteiger partial charge in [0.05, 0.1) is 0 Å². The van der Waals surface area contributed by atoms with Crippen molar-refractivity contribution in [1.82, 2.24) is 9.97 Å². The van der Waals surface area contributed by atoms with Gasteiger partial charge in [0.15, 0.2) is 0 Å². The highest BCUT2D eigenvalue weighted by Crippen LogP contribution is 2.18. The van der Waals surface area contributed by atoms with Gasteiger partial charge >= 0.3 is 0 Å². The Labute approximate surface area is 105 Å². The number of aromatic nitrogens is 2. The van der Waals surface area contributed by atoms with Crippen molar-refractivity contribution < 1.29 is 0 Å². The zero-order valence-corrected chi connectivity index (χ0v) is 11.0. The minimum atomic E-state index is 0.497. The highest BCUT2D eigenvalue weighted by atomic mass is 79.9. The van der Waals surface area contributed by atoms with E-state index in [2.05, 4.69) is 50.3 Å². The Morgan fingerprint density at radius 3 is 2.81 bits per heavy atom. The quantitative estimate of drug-likeness (QED) is 0.680. The summed E-state index contributed by atoms with van der Waals surface area (Å²) in [6.45, 7) is 2.14. The molecule has 0 atom stereocenters. The maximum atomic E-state index is 4.51. The van der Waals surface area contributed by atoms with Crippen molar-refractivity contribution in [3.05, 3.63) is 28.6 Å². The first-order chi connectivity index (χ1) is 7.78. The first-order valence-corrected chi connectivity index (χ1v) is 6.52. The first kappa shape index (κ1) is 11.6. The highest BCUT2D eigenvalue weighted by molar-refractivity contribution is 9.10. The number of hydrogen-bond acceptors (Lipinski definition) is 3. The van der Waals surface area contributed by atoms with Crippen molar-refractivity contribution in [2.24, 2.45) is 0 Å². The van der Waals surface area contributed by atoms with E-state index >= 15 is 0 Å². The molecule has 1 aliphatic carbocycles. The molecule has 0 aromatic carbocycles. The Morgan fingerprint density at radius 2 is 2.12 bits per heavy atom. The van der Waals surface area contributed by atoms with Crippen LogP contribution in [0.2, 0.25) is 0 Å². The number of aryl methyl sites for hydroxylation is 1. The van der Waals surface area contributed by atoms with Crippen LogP contribution in [0.3, 0.4) is 0 Å². The van der Waals surface area contributed by atoms with Crippen LogP contribution in [0.5, 0.6) is 0 Å². The fourth-order valence-electron chi connectivity index (χ4n) is 1.82. The smallest absolute Gasteiger partial charge is 0.132 e. The number of hydrogen-bond donors (Lipinski definition) is 1. The Hall–Kier alpha value is -0.900. The van der Waals surface area contributed by atoms with E-state index in [0.29, 0.717) is 6.04 Å². The second-order valence-electron chi connectivity index (χ2n) is 4.03. The third-order valence-corrected chi connectivity index (χ3v) is 2.98. The summed E-state index contributed by atoms with van der Waals surface area (Å²) >= 11 is 3.43. The Balaban J connectivity index is 2.07. The van der Waals surface area contributed by atoms with Crippen LogP contribution in [0.4, 0.5) is 5.82 Å². The summed E-state index contributed by atoms with van der Waals surface area (Å²) in [7, 11) is 0. The first-order valence-electron chi connectivity index (χ1n) is 5.73. The molecule has 0 amide bonds. The van der Waals surface area contributed by atoms with Crippen molar-refractivity contribution in [3.8, 4) is 0 Å². The third-order valence-electron chi connectivity index (χ3n) is 2.57. The summed E-state index contributed by atoms with van der Waals surface area (Å²) in [6, 6.07) is 2.44. The molecule has 0 bridgehead atoms. The Kier molecular flexibility index (Phi) is 3.93. The van der Waals surface area contributed by atoms with Crippen LogP contribution >= 0.6 is 15.9 Å². The molecular weight excluding hydrogens is 266 g/mol. The van der Waals surface area contributed by atoms with Gasteiger partial charge in [-0.3, -0.25) is 0 Å². The fourth-order valence-corrected chi connectivity index (χ4v) is 2.24. The Bertz CT molecular complexity index is 382. The summed E-state index contributed by atoms with van der Waals surface area (Å²) in [5.74, 6) is 1.84. The van der Waals surface area contributed by atoms with E-state index in [1.54, 1.807) is 0 Å². The van der Waals surface area contributed by atoms with Crippen LogP contribution in [0.25, 0.3) is 0 Å². The van der Waals surface area contributed by atoms with Crippen molar-refractivity contribution >= 4 is 21.7 Å². The van der Waals surface area contributed by atoms with E-state index in [9.17, 15) is 0 Å². The van der Waals surface area contributed by atoms with Crippen molar-refractivity contribution in [3.63, 3.8) is 0 Å². The van der Waals surface area contributed by atoms with Gasteiger partial charge in [-0.1, -0.05) is 19.1 Å². The average molecular weight is 282 g/mol. The number of nitrogens with zero attached hydrogens (tertiary/aromatic N) is 2. The van der Waals surface area contributed by atoms with Crippen LogP contribution in [0, 0.1) is 0 Å². The molecular formula is C12H16BrN3. The van der Waals surface area contributed by atoms with Crippen LogP contribution in [0.15, 0.2) is 22.8 Å². The zero-order valence-electron chi connectivity index (χ0n) is 9.41. The van der Waals surface area contributed by atoms with Crippen molar-refractivity contribution in [2.45, 2.75) is 38.6 Å². The molecule has 0 fully saturated rings. The van der Waals surface area contributed by atoms with E-state index in [-0.39, 0.29) is 0 Å². The molecule has 1 aromatic rings. The van der Waals surface area contributed by atoms with Gasteiger partial charge in [0.25, 0.3) is 0 Å². The molecule has 0 radical (unpaired) electrons. The number of anilines is 1. The SMILES string of the molecule is CCCc1nc(Br)cc(NC2CC=CC2)n1. The van der Waals surface area contributed by atoms with Gasteiger partial charge in [0.2, 0.25) is 0 Å². The van der Waals surface area contributed by atoms with Gasteiger partial charge in [0, 0.05) is 18.5 Å². The number of nitrogens with one attached hydrogen (secondary N) is 1. The van der Waals surface area contributed by atoms with E-state index in [0.717, 1.165) is 41.9 Å². The molecule has 86 valence electrons. The fraction of sp³-hybridized carbons (Fsp3) is 0.500. The minimum absolute atomic E-state index is 0.497. The normalized spacial score (nSPS) is 15.6. The second-order valence-corrected chi connectivity index (χ2v) is 4.84. The van der Waals surface area contributed by atoms with E-state index in [1.165, 1.54) is 0 Å². The third kappa shape index (κ3) is 3.04. The number of halogens is 1. The summed E-state index contributed by atoms with van der Waals surface area (Å²) in [4.78, 5) is 8.85. The molecule has 1 aromatic heterocycles. The van der Waals surface area contributed by atoms with Gasteiger partial charge in [-0.05, 0) is 35.2 Å². The van der Waals surface area contributed by atoms with Crippen molar-refractivity contribution in [1.29, 1.82) is 0 Å². The molecule has 16 heavy (non-hydrogen) atoms. The molecule has 0 saturated heterocycles. The minimum Gasteiger partial charge on any atom is -0.367 e. The molecule has 0 spiro atoms. The van der Waals surface area contributed by atoms with Gasteiger partial charge in [-0.2, -0.15) is 0 Å². The lowest BCUT2D eigenvalue weighted by atomic mass is 10.2. The molecule has 1 aliphatic rings. The summed E-state index contributed by atoms with van der Waals surface area (Å²) < 4.78 is 0.861. The zero-order chi connectivity index (χ0) is 11.4. The summed E-state index contributed by atoms with van der Waals surface area (Å²) in [5.41, 5.74) is 0. The standard InChI is InChI=1S/C12H16BrN3/c1-2-5-11-15-10(13)8-12(16-11)14-9-6-3-4-7-9/h3-4,8-9H,2,5-7H2,1H3,(H,14,15,16). The van der Waals surface area contributed by atoms with Crippen LogP contribution < -0.4 is 5.32 Å². The molecule has 1 heterocycles. The average Bonchev–Trinajstić information content (AvgIpc) is 2.70. The molecule has 2 rings (SSSR count). The van der Waals surface area contributed by atoms with Crippen LogP contribution in [-0.2, 0) is 6.42 Å². The molecule has 0 aliphatic heterocycles. The van der Waals surface area contributed by atoms with E-state index in [4.69, 9.17) is 0 Å². The highest BCUT2D eigenvalue weighted by Gasteiger charge is 2.11. The van der Waals surface area contributed by atoms with Crippen LogP contribution in [0.1, 0.15) is 32.0 Å². The Morgan fingerprint density at radius 1 is 1.38 bits per heavy atom. The molecule has 3 nitrogen and oxygen atoms in total. The molecule has 4 heteroatoms. The second kappa shape index (κ2) is 5.43. The number of rotatable bonds is 4. The van der Waals surface area contributed by atoms with Crippen molar-refractivity contribution in [2.75, 3.05) is 5.32 Å². The molecule has 0 saturated carbocycles. The predicted octanol–water partition coefficient (Wildman–Crippen LogP) is 3.32. The van der Waals surface area contributed by atoms with Gasteiger partial charge in [-0.15, -0.1) is 0 Å². The monoisotopic (exact) mass is 281 g/mol. The molecule has 1 N–H and O–H groups in total. The van der Waals surface area contributed by atoms with Gasteiger partial charge in [0.1, 0.15) is 16.2 Å². The summed E-state index contributed by atoms with van der Waals surface area (Å²) in [5, 5.41) is 3.44. The lowest BCUT2D eigenvalue weighted by Crippen LogP contribution is -2.16. The van der Waals surface area contributed by atoms with Crippen LogP contribution in [-0.4, -0.2) is 16.0 Å². The predicted molar refractivity (Wildman–Crippen MR) is 69.5 cm³/mol. The maximum Gasteiger partial charge on any atom is 0.132 e. The summed E-state index contributed by atoms with van der Waals surface area (Å²) in [6.07, 6.45) is 8.59. The van der Waals surface area contributed by atoms with Gasteiger partial charge in [-0.25, -0.2) is 9.97 Å². The lowest BCUT2D eigenvalue weighted by Gasteiger charge is -2.13. The van der Waals surface area contributed by atoms with E-state index in [1.807, 2.05) is 6.07 Å². The molecule has 0 unspecified atom stereocenters. The largest absolute Gasteiger partial charge is 0.367 e. The topological polar surface area (TPSA) is 37.8 Å². The van der Waals surface area contributed by atoms with E-state index < -0.39 is 0 Å².